The van der Waals surface area contributed by atoms with Crippen LogP contribution in [0.1, 0.15) is 12.5 Å². The molecule has 2 aromatic rings. The maximum absolute atomic E-state index is 12.1. The van der Waals surface area contributed by atoms with Crippen LogP contribution in [0.2, 0.25) is 0 Å². The third kappa shape index (κ3) is 4.46. The first-order valence-corrected chi connectivity index (χ1v) is 7.39. The zero-order valence-electron chi connectivity index (χ0n) is 11.3. The Kier molecular flexibility index (Phi) is 5.17. The Bertz CT molecular complexity index is 695. The number of nitriles is 1. The lowest BCUT2D eigenvalue weighted by Gasteiger charge is -2.15. The summed E-state index contributed by atoms with van der Waals surface area (Å²) in [7, 11) is 0. The van der Waals surface area contributed by atoms with E-state index in [1.165, 1.54) is 0 Å². The van der Waals surface area contributed by atoms with Gasteiger partial charge < -0.3 is 10.1 Å². The van der Waals surface area contributed by atoms with Crippen LogP contribution in [0.5, 0.6) is 5.75 Å². The van der Waals surface area contributed by atoms with Crippen molar-refractivity contribution in [2.45, 2.75) is 13.0 Å². The van der Waals surface area contributed by atoms with Gasteiger partial charge in [-0.3, -0.25) is 4.79 Å². The lowest BCUT2D eigenvalue weighted by molar-refractivity contribution is -0.122. The van der Waals surface area contributed by atoms with E-state index in [4.69, 9.17) is 10.00 Å². The van der Waals surface area contributed by atoms with E-state index in [1.807, 2.05) is 30.3 Å². The van der Waals surface area contributed by atoms with Gasteiger partial charge in [-0.25, -0.2) is 0 Å². The molecule has 0 unspecified atom stereocenters. The standard InChI is InChI=1S/C16H13IN2O2/c1-11(21-15-7-3-5-13(17)9-15)16(20)19-14-6-2-4-12(8-14)10-18/h2-9,11H,1H3,(H,19,20)/t11-/m1/s1. The summed E-state index contributed by atoms with van der Waals surface area (Å²) < 4.78 is 6.65. The minimum atomic E-state index is -0.631. The number of benzene rings is 2. The molecule has 0 fully saturated rings. The third-order valence-electron chi connectivity index (χ3n) is 2.74. The lowest BCUT2D eigenvalue weighted by atomic mass is 10.2. The normalized spacial score (nSPS) is 11.3. The number of amides is 1. The van der Waals surface area contributed by atoms with Gasteiger partial charge in [0, 0.05) is 9.26 Å². The van der Waals surface area contributed by atoms with Crippen molar-refractivity contribution < 1.29 is 9.53 Å². The minimum absolute atomic E-state index is 0.260. The van der Waals surface area contributed by atoms with Crippen LogP contribution in [0.3, 0.4) is 0 Å². The quantitative estimate of drug-likeness (QED) is 0.810. The molecule has 0 radical (unpaired) electrons. The van der Waals surface area contributed by atoms with Gasteiger partial charge in [0.15, 0.2) is 6.10 Å². The molecule has 106 valence electrons. The van der Waals surface area contributed by atoms with Gasteiger partial charge in [0.2, 0.25) is 0 Å². The topological polar surface area (TPSA) is 62.1 Å². The highest BCUT2D eigenvalue weighted by Crippen LogP contribution is 2.17. The maximum atomic E-state index is 12.1. The van der Waals surface area contributed by atoms with Crippen molar-refractivity contribution in [3.05, 3.63) is 57.7 Å². The molecule has 5 heteroatoms. The summed E-state index contributed by atoms with van der Waals surface area (Å²) in [6, 6.07) is 16.3. The molecular weight excluding hydrogens is 379 g/mol. The number of hydrogen-bond acceptors (Lipinski definition) is 3. The van der Waals surface area contributed by atoms with Gasteiger partial charge in [0.1, 0.15) is 5.75 Å². The van der Waals surface area contributed by atoms with Crippen molar-refractivity contribution in [1.29, 1.82) is 5.26 Å². The van der Waals surface area contributed by atoms with E-state index in [9.17, 15) is 4.79 Å². The molecule has 21 heavy (non-hydrogen) atoms. The van der Waals surface area contributed by atoms with Crippen LogP contribution in [-0.2, 0) is 4.79 Å². The van der Waals surface area contributed by atoms with Crippen molar-refractivity contribution in [2.24, 2.45) is 0 Å². The fourth-order valence-electron chi connectivity index (χ4n) is 1.71. The molecule has 0 saturated carbocycles. The van der Waals surface area contributed by atoms with Crippen LogP contribution in [0.4, 0.5) is 5.69 Å². The van der Waals surface area contributed by atoms with Crippen molar-refractivity contribution in [3.8, 4) is 11.8 Å². The number of anilines is 1. The van der Waals surface area contributed by atoms with Gasteiger partial charge in [0.25, 0.3) is 5.91 Å². The zero-order chi connectivity index (χ0) is 15.2. The first-order valence-electron chi connectivity index (χ1n) is 6.32. The fraction of sp³-hybridized carbons (Fsp3) is 0.125. The first kappa shape index (κ1) is 15.3. The van der Waals surface area contributed by atoms with E-state index in [-0.39, 0.29) is 5.91 Å². The molecule has 1 N–H and O–H groups in total. The van der Waals surface area contributed by atoms with Crippen LogP contribution in [0.25, 0.3) is 0 Å². The highest BCUT2D eigenvalue weighted by Gasteiger charge is 2.15. The molecule has 0 aromatic heterocycles. The van der Waals surface area contributed by atoms with E-state index in [1.54, 1.807) is 31.2 Å². The molecule has 0 saturated heterocycles. The number of rotatable bonds is 4. The number of nitrogens with one attached hydrogen (secondary N) is 1. The summed E-state index contributed by atoms with van der Waals surface area (Å²) in [5.41, 5.74) is 1.08. The molecule has 0 aliphatic heterocycles. The molecule has 0 aliphatic rings. The van der Waals surface area contributed by atoms with E-state index >= 15 is 0 Å². The first-order chi connectivity index (χ1) is 10.1. The van der Waals surface area contributed by atoms with Crippen LogP contribution in [0.15, 0.2) is 48.5 Å². The average molecular weight is 392 g/mol. The number of ether oxygens (including phenoxy) is 1. The SMILES string of the molecule is C[C@@H](Oc1cccc(I)c1)C(=O)Nc1cccc(C#N)c1. The number of halogens is 1. The summed E-state index contributed by atoms with van der Waals surface area (Å²) in [4.78, 5) is 12.1. The summed E-state index contributed by atoms with van der Waals surface area (Å²) in [6.45, 7) is 1.68. The zero-order valence-corrected chi connectivity index (χ0v) is 13.5. The van der Waals surface area contributed by atoms with Crippen LogP contribution >= 0.6 is 22.6 Å². The van der Waals surface area contributed by atoms with E-state index in [2.05, 4.69) is 27.9 Å². The van der Waals surface area contributed by atoms with Gasteiger partial charge in [0.05, 0.1) is 11.6 Å². The van der Waals surface area contributed by atoms with Crippen molar-refractivity contribution in [1.82, 2.24) is 0 Å². The third-order valence-corrected chi connectivity index (χ3v) is 3.41. The molecule has 4 nitrogen and oxygen atoms in total. The largest absolute Gasteiger partial charge is 0.481 e. The molecule has 2 aromatic carbocycles. The molecule has 0 aliphatic carbocycles. The van der Waals surface area contributed by atoms with Gasteiger partial charge >= 0.3 is 0 Å². The van der Waals surface area contributed by atoms with E-state index < -0.39 is 6.10 Å². The molecule has 0 heterocycles. The maximum Gasteiger partial charge on any atom is 0.265 e. The molecule has 0 spiro atoms. The van der Waals surface area contributed by atoms with Gasteiger partial charge in [-0.2, -0.15) is 5.26 Å². The Balaban J connectivity index is 2.01. The second-order valence-corrected chi connectivity index (χ2v) is 5.64. The molecule has 1 amide bonds. The minimum Gasteiger partial charge on any atom is -0.481 e. The highest BCUT2D eigenvalue weighted by atomic mass is 127. The van der Waals surface area contributed by atoms with E-state index in [0.29, 0.717) is 17.0 Å². The summed E-state index contributed by atoms with van der Waals surface area (Å²) in [5.74, 6) is 0.388. The summed E-state index contributed by atoms with van der Waals surface area (Å²) >= 11 is 2.18. The van der Waals surface area contributed by atoms with Crippen molar-refractivity contribution in [2.75, 3.05) is 5.32 Å². The van der Waals surface area contributed by atoms with Crippen LogP contribution < -0.4 is 10.1 Å². The number of nitrogens with zero attached hydrogens (tertiary/aromatic N) is 1. The molecule has 0 bridgehead atoms. The highest BCUT2D eigenvalue weighted by molar-refractivity contribution is 14.1. The van der Waals surface area contributed by atoms with Gasteiger partial charge in [-0.1, -0.05) is 12.1 Å². The number of carbonyl (C=O) groups excluding carboxylic acids is 1. The van der Waals surface area contributed by atoms with E-state index in [0.717, 1.165) is 3.57 Å². The van der Waals surface area contributed by atoms with Crippen molar-refractivity contribution >= 4 is 34.2 Å². The predicted octanol–water partition coefficient (Wildman–Crippen LogP) is 3.57. The molecule has 2 rings (SSSR count). The summed E-state index contributed by atoms with van der Waals surface area (Å²) in [6.07, 6.45) is -0.631. The van der Waals surface area contributed by atoms with Gasteiger partial charge in [-0.05, 0) is 65.9 Å². The molecule has 1 atom stereocenters. The number of carbonyl (C=O) groups is 1. The Morgan fingerprint density at radius 3 is 2.76 bits per heavy atom. The number of hydrogen-bond donors (Lipinski definition) is 1. The Labute approximate surface area is 136 Å². The summed E-state index contributed by atoms with van der Waals surface area (Å²) in [5, 5.41) is 11.6. The fourth-order valence-corrected chi connectivity index (χ4v) is 2.22. The Morgan fingerprint density at radius 1 is 1.29 bits per heavy atom. The van der Waals surface area contributed by atoms with Gasteiger partial charge in [-0.15, -0.1) is 0 Å². The average Bonchev–Trinajstić information content (AvgIpc) is 2.47. The van der Waals surface area contributed by atoms with Crippen LogP contribution in [0, 0.1) is 14.9 Å². The Morgan fingerprint density at radius 2 is 2.05 bits per heavy atom. The van der Waals surface area contributed by atoms with Crippen molar-refractivity contribution in [3.63, 3.8) is 0 Å². The smallest absolute Gasteiger partial charge is 0.265 e. The predicted molar refractivity (Wildman–Crippen MR) is 89.0 cm³/mol. The lowest BCUT2D eigenvalue weighted by Crippen LogP contribution is -2.30. The van der Waals surface area contributed by atoms with Crippen LogP contribution in [-0.4, -0.2) is 12.0 Å². The Hall–Kier alpha value is -2.07. The molecular formula is C16H13IN2O2. The second kappa shape index (κ2) is 7.09. The second-order valence-electron chi connectivity index (χ2n) is 4.40. The monoisotopic (exact) mass is 392 g/mol.